The van der Waals surface area contributed by atoms with Crippen LogP contribution >= 0.6 is 15.9 Å². The molecule has 88 valence electrons. The minimum atomic E-state index is 0.429. The van der Waals surface area contributed by atoms with Gasteiger partial charge in [-0.3, -0.25) is 0 Å². The van der Waals surface area contributed by atoms with E-state index in [4.69, 9.17) is 5.73 Å². The Hall–Kier alpha value is -1.20. The average Bonchev–Trinajstić information content (AvgIpc) is 3.10. The van der Waals surface area contributed by atoms with Gasteiger partial charge in [0.05, 0.1) is 11.7 Å². The molecule has 1 aliphatic rings. The standard InChI is InChI=1S/C12H13BrN4/c13-9-3-1-8(2-4-9)12-11(7-14)15-16-17(12)10-5-6-10/h1-4,10H,5-7,14H2. The number of aromatic nitrogens is 3. The third-order valence-corrected chi connectivity index (χ3v) is 3.50. The Kier molecular flexibility index (Phi) is 2.72. The van der Waals surface area contributed by atoms with Crippen LogP contribution in [0.2, 0.25) is 0 Å². The van der Waals surface area contributed by atoms with Crippen molar-refractivity contribution >= 4 is 15.9 Å². The lowest BCUT2D eigenvalue weighted by Gasteiger charge is -2.06. The van der Waals surface area contributed by atoms with Gasteiger partial charge in [-0.2, -0.15) is 0 Å². The van der Waals surface area contributed by atoms with Crippen LogP contribution in [0.15, 0.2) is 28.7 Å². The van der Waals surface area contributed by atoms with Gasteiger partial charge in [0.15, 0.2) is 0 Å². The second kappa shape index (κ2) is 4.23. The molecule has 2 aromatic rings. The summed E-state index contributed by atoms with van der Waals surface area (Å²) in [4.78, 5) is 0. The number of halogens is 1. The number of rotatable bonds is 3. The zero-order valence-corrected chi connectivity index (χ0v) is 10.9. The van der Waals surface area contributed by atoms with Gasteiger partial charge < -0.3 is 5.73 Å². The summed E-state index contributed by atoms with van der Waals surface area (Å²) in [6.45, 7) is 0.429. The molecule has 1 aromatic carbocycles. The predicted molar refractivity (Wildman–Crippen MR) is 69.3 cm³/mol. The van der Waals surface area contributed by atoms with Crippen molar-refractivity contribution in [3.8, 4) is 11.3 Å². The molecular formula is C12H13BrN4. The highest BCUT2D eigenvalue weighted by Crippen LogP contribution is 2.38. The molecule has 0 aliphatic heterocycles. The van der Waals surface area contributed by atoms with Gasteiger partial charge in [-0.05, 0) is 25.0 Å². The summed E-state index contributed by atoms with van der Waals surface area (Å²) in [7, 11) is 0. The zero-order valence-electron chi connectivity index (χ0n) is 9.31. The van der Waals surface area contributed by atoms with Crippen molar-refractivity contribution < 1.29 is 0 Å². The first-order chi connectivity index (χ1) is 8.29. The third-order valence-electron chi connectivity index (χ3n) is 2.97. The molecule has 2 N–H and O–H groups in total. The molecule has 3 rings (SSSR count). The molecule has 0 saturated heterocycles. The first kappa shape index (κ1) is 10.9. The van der Waals surface area contributed by atoms with E-state index in [1.54, 1.807) is 0 Å². The summed E-state index contributed by atoms with van der Waals surface area (Å²) in [5, 5.41) is 8.39. The molecule has 0 radical (unpaired) electrons. The lowest BCUT2D eigenvalue weighted by Crippen LogP contribution is -2.02. The molecule has 17 heavy (non-hydrogen) atoms. The number of benzene rings is 1. The van der Waals surface area contributed by atoms with E-state index in [0.29, 0.717) is 12.6 Å². The molecular weight excluding hydrogens is 280 g/mol. The molecule has 0 atom stereocenters. The van der Waals surface area contributed by atoms with Gasteiger partial charge >= 0.3 is 0 Å². The molecule has 1 heterocycles. The van der Waals surface area contributed by atoms with Gasteiger partial charge in [-0.1, -0.05) is 33.3 Å². The highest BCUT2D eigenvalue weighted by atomic mass is 79.9. The Morgan fingerprint density at radius 2 is 2.00 bits per heavy atom. The van der Waals surface area contributed by atoms with E-state index in [1.807, 2.05) is 16.8 Å². The van der Waals surface area contributed by atoms with Gasteiger partial charge in [0, 0.05) is 16.6 Å². The van der Waals surface area contributed by atoms with Crippen LogP contribution in [-0.4, -0.2) is 15.0 Å². The van der Waals surface area contributed by atoms with Crippen LogP contribution in [0.3, 0.4) is 0 Å². The minimum absolute atomic E-state index is 0.429. The van der Waals surface area contributed by atoms with Crippen molar-refractivity contribution in [1.29, 1.82) is 0 Å². The quantitative estimate of drug-likeness (QED) is 0.946. The molecule has 0 spiro atoms. The summed E-state index contributed by atoms with van der Waals surface area (Å²) >= 11 is 3.44. The van der Waals surface area contributed by atoms with Gasteiger partial charge in [0.1, 0.15) is 5.69 Å². The lowest BCUT2D eigenvalue weighted by molar-refractivity contribution is 0.616. The minimum Gasteiger partial charge on any atom is -0.325 e. The highest BCUT2D eigenvalue weighted by Gasteiger charge is 2.29. The van der Waals surface area contributed by atoms with Crippen molar-refractivity contribution in [3.05, 3.63) is 34.4 Å². The summed E-state index contributed by atoms with van der Waals surface area (Å²) in [6, 6.07) is 8.71. The molecule has 1 aliphatic carbocycles. The maximum Gasteiger partial charge on any atom is 0.104 e. The second-order valence-corrected chi connectivity index (χ2v) is 5.19. The molecule has 0 bridgehead atoms. The molecule has 0 unspecified atom stereocenters. The Labute approximate surface area is 108 Å². The van der Waals surface area contributed by atoms with E-state index in [0.717, 1.165) is 21.4 Å². The normalized spacial score (nSPS) is 15.2. The number of hydrogen-bond donors (Lipinski definition) is 1. The van der Waals surface area contributed by atoms with E-state index in [9.17, 15) is 0 Å². The van der Waals surface area contributed by atoms with Crippen LogP contribution in [0.1, 0.15) is 24.6 Å². The molecule has 1 saturated carbocycles. The number of nitrogens with two attached hydrogens (primary N) is 1. The SMILES string of the molecule is NCc1nnn(C2CC2)c1-c1ccc(Br)cc1. The van der Waals surface area contributed by atoms with Crippen molar-refractivity contribution in [2.75, 3.05) is 0 Å². The van der Waals surface area contributed by atoms with Gasteiger partial charge in [-0.15, -0.1) is 5.10 Å². The molecule has 1 fully saturated rings. The Morgan fingerprint density at radius 1 is 1.29 bits per heavy atom. The smallest absolute Gasteiger partial charge is 0.104 e. The Morgan fingerprint density at radius 3 is 2.59 bits per heavy atom. The molecule has 0 amide bonds. The van der Waals surface area contributed by atoms with Gasteiger partial charge in [0.2, 0.25) is 0 Å². The Bertz CT molecular complexity index is 528. The molecule has 4 nitrogen and oxygen atoms in total. The lowest BCUT2D eigenvalue weighted by atomic mass is 10.1. The topological polar surface area (TPSA) is 56.7 Å². The van der Waals surface area contributed by atoms with Gasteiger partial charge in [-0.25, -0.2) is 4.68 Å². The van der Waals surface area contributed by atoms with Crippen LogP contribution in [-0.2, 0) is 6.54 Å². The van der Waals surface area contributed by atoms with E-state index >= 15 is 0 Å². The van der Waals surface area contributed by atoms with Crippen molar-refractivity contribution in [2.24, 2.45) is 5.73 Å². The summed E-state index contributed by atoms with van der Waals surface area (Å²) in [5.74, 6) is 0. The monoisotopic (exact) mass is 292 g/mol. The fraction of sp³-hybridized carbons (Fsp3) is 0.333. The van der Waals surface area contributed by atoms with E-state index in [-0.39, 0.29) is 0 Å². The third kappa shape index (κ3) is 2.00. The van der Waals surface area contributed by atoms with Crippen LogP contribution in [0.4, 0.5) is 0 Å². The molecule has 1 aromatic heterocycles. The van der Waals surface area contributed by atoms with Crippen molar-refractivity contribution in [3.63, 3.8) is 0 Å². The largest absolute Gasteiger partial charge is 0.325 e. The van der Waals surface area contributed by atoms with Crippen LogP contribution in [0, 0.1) is 0 Å². The van der Waals surface area contributed by atoms with Crippen LogP contribution in [0.5, 0.6) is 0 Å². The first-order valence-electron chi connectivity index (χ1n) is 5.69. The van der Waals surface area contributed by atoms with Crippen molar-refractivity contribution in [1.82, 2.24) is 15.0 Å². The first-order valence-corrected chi connectivity index (χ1v) is 6.49. The maximum atomic E-state index is 5.73. The second-order valence-electron chi connectivity index (χ2n) is 4.27. The van der Waals surface area contributed by atoms with E-state index < -0.39 is 0 Å². The summed E-state index contributed by atoms with van der Waals surface area (Å²) < 4.78 is 3.09. The zero-order chi connectivity index (χ0) is 11.8. The van der Waals surface area contributed by atoms with Crippen molar-refractivity contribution in [2.45, 2.75) is 25.4 Å². The number of hydrogen-bond acceptors (Lipinski definition) is 3. The fourth-order valence-corrected chi connectivity index (χ4v) is 2.21. The molecule has 5 heteroatoms. The average molecular weight is 293 g/mol. The van der Waals surface area contributed by atoms with Crippen LogP contribution < -0.4 is 5.73 Å². The fourth-order valence-electron chi connectivity index (χ4n) is 1.95. The van der Waals surface area contributed by atoms with E-state index in [1.165, 1.54) is 12.8 Å². The number of nitrogens with zero attached hydrogens (tertiary/aromatic N) is 3. The maximum absolute atomic E-state index is 5.73. The van der Waals surface area contributed by atoms with Gasteiger partial charge in [0.25, 0.3) is 0 Å². The predicted octanol–water partition coefficient (Wildman–Crippen LogP) is 2.50. The van der Waals surface area contributed by atoms with Crippen LogP contribution in [0.25, 0.3) is 11.3 Å². The summed E-state index contributed by atoms with van der Waals surface area (Å²) in [6.07, 6.45) is 2.38. The Balaban J connectivity index is 2.10. The van der Waals surface area contributed by atoms with E-state index in [2.05, 4.69) is 38.4 Å². The highest BCUT2D eigenvalue weighted by molar-refractivity contribution is 9.10. The summed E-state index contributed by atoms with van der Waals surface area (Å²) in [5.41, 5.74) is 8.80.